The van der Waals surface area contributed by atoms with Crippen molar-refractivity contribution in [2.24, 2.45) is 0 Å². The molecule has 1 aliphatic heterocycles. The number of nitrogens with zero attached hydrogens (tertiary/aromatic N) is 5. The topological polar surface area (TPSA) is 101 Å². The molecule has 0 aliphatic carbocycles. The second kappa shape index (κ2) is 8.86. The minimum Gasteiger partial charge on any atom is -0.497 e. The molecular weight excluding hydrogens is 416 g/mol. The molecule has 0 bridgehead atoms. The van der Waals surface area contributed by atoms with E-state index >= 15 is 0 Å². The van der Waals surface area contributed by atoms with Gasteiger partial charge >= 0.3 is 0 Å². The number of nitrogens with one attached hydrogen (secondary N) is 1. The smallest absolute Gasteiger partial charge is 0.243 e. The fourth-order valence-electron chi connectivity index (χ4n) is 3.35. The first kappa shape index (κ1) is 21.0. The lowest BCUT2D eigenvalue weighted by Gasteiger charge is -2.34. The Morgan fingerprint density at radius 3 is 2.29 bits per heavy atom. The summed E-state index contributed by atoms with van der Waals surface area (Å²) in [5, 5.41) is 11.6. The predicted octanol–water partition coefficient (Wildman–Crippen LogP) is 2.44. The number of ether oxygens (including phenoxy) is 1. The molecule has 1 aliphatic rings. The highest BCUT2D eigenvalue weighted by molar-refractivity contribution is 7.89. The third-order valence-corrected chi connectivity index (χ3v) is 6.99. The van der Waals surface area contributed by atoms with Crippen LogP contribution in [-0.2, 0) is 10.0 Å². The van der Waals surface area contributed by atoms with E-state index in [1.165, 1.54) is 4.31 Å². The van der Waals surface area contributed by atoms with Gasteiger partial charge in [-0.3, -0.25) is 0 Å². The van der Waals surface area contributed by atoms with E-state index in [9.17, 15) is 8.42 Å². The van der Waals surface area contributed by atoms with Crippen LogP contribution in [-0.4, -0.2) is 61.2 Å². The maximum absolute atomic E-state index is 12.9. The van der Waals surface area contributed by atoms with Crippen LogP contribution in [0.15, 0.2) is 59.6 Å². The van der Waals surface area contributed by atoms with Crippen molar-refractivity contribution >= 4 is 27.5 Å². The number of sulfonamides is 1. The molecule has 0 amide bonds. The lowest BCUT2D eigenvalue weighted by molar-refractivity contribution is 0.383. The first-order valence-corrected chi connectivity index (χ1v) is 11.3. The van der Waals surface area contributed by atoms with Crippen LogP contribution in [0.1, 0.15) is 5.56 Å². The fraction of sp³-hybridized carbons (Fsp3) is 0.286. The van der Waals surface area contributed by atoms with Gasteiger partial charge in [0.2, 0.25) is 10.0 Å². The number of anilines is 3. The van der Waals surface area contributed by atoms with Gasteiger partial charge in [-0.25, -0.2) is 13.4 Å². The Morgan fingerprint density at radius 1 is 0.935 bits per heavy atom. The lowest BCUT2D eigenvalue weighted by atomic mass is 10.3. The summed E-state index contributed by atoms with van der Waals surface area (Å²) in [5.74, 6) is 2.64. The summed E-state index contributed by atoms with van der Waals surface area (Å²) in [6.45, 7) is 3.83. The largest absolute Gasteiger partial charge is 0.497 e. The van der Waals surface area contributed by atoms with Crippen molar-refractivity contribution in [3.8, 4) is 5.75 Å². The monoisotopic (exact) mass is 440 g/mol. The zero-order valence-corrected chi connectivity index (χ0v) is 18.2. The molecule has 1 fully saturated rings. The molecule has 1 aromatic carbocycles. The minimum absolute atomic E-state index is 0.265. The Morgan fingerprint density at radius 2 is 1.68 bits per heavy atom. The molecule has 9 nitrogen and oxygen atoms in total. The van der Waals surface area contributed by atoms with E-state index in [2.05, 4.69) is 20.5 Å². The van der Waals surface area contributed by atoms with Gasteiger partial charge < -0.3 is 15.0 Å². The van der Waals surface area contributed by atoms with E-state index in [0.717, 1.165) is 5.56 Å². The second-order valence-corrected chi connectivity index (χ2v) is 9.12. The number of rotatable bonds is 6. The molecular formula is C21H24N6O3S. The first-order valence-electron chi connectivity index (χ1n) is 9.88. The summed E-state index contributed by atoms with van der Waals surface area (Å²) >= 11 is 0. The standard InChI is InChI=1S/C21H24N6O3S/c1-16-9-10-22-20(15-16)23-19-7-8-21(25-24-19)26-11-13-27(14-12-26)31(28,29)18-5-3-17(30-2)4-6-18/h3-10,15H,11-14H2,1-2H3,(H,22,23,24). The van der Waals surface area contributed by atoms with Gasteiger partial charge in [0.1, 0.15) is 11.6 Å². The quantitative estimate of drug-likeness (QED) is 0.624. The average Bonchev–Trinajstić information content (AvgIpc) is 2.80. The maximum atomic E-state index is 12.9. The molecule has 4 rings (SSSR count). The van der Waals surface area contributed by atoms with E-state index in [4.69, 9.17) is 4.74 Å². The van der Waals surface area contributed by atoms with E-state index in [-0.39, 0.29) is 4.90 Å². The van der Waals surface area contributed by atoms with E-state index in [1.54, 1.807) is 37.6 Å². The zero-order chi connectivity index (χ0) is 21.8. The maximum Gasteiger partial charge on any atom is 0.243 e. The molecule has 31 heavy (non-hydrogen) atoms. The van der Waals surface area contributed by atoms with Crippen molar-refractivity contribution in [3.05, 3.63) is 60.3 Å². The molecule has 0 unspecified atom stereocenters. The molecule has 10 heteroatoms. The third kappa shape index (κ3) is 4.75. The van der Waals surface area contributed by atoms with Crippen LogP contribution < -0.4 is 15.0 Å². The molecule has 2 aromatic heterocycles. The molecule has 0 atom stereocenters. The molecule has 162 valence electrons. The Kier molecular flexibility index (Phi) is 6.01. The zero-order valence-electron chi connectivity index (χ0n) is 17.4. The van der Waals surface area contributed by atoms with E-state index in [1.807, 2.05) is 36.1 Å². The SMILES string of the molecule is COc1ccc(S(=O)(=O)N2CCN(c3ccc(Nc4cc(C)ccn4)nn3)CC2)cc1. The second-order valence-electron chi connectivity index (χ2n) is 7.19. The van der Waals surface area contributed by atoms with Crippen LogP contribution in [0.5, 0.6) is 5.75 Å². The van der Waals surface area contributed by atoms with Crippen LogP contribution in [0.25, 0.3) is 0 Å². The summed E-state index contributed by atoms with van der Waals surface area (Å²) in [5.41, 5.74) is 1.10. The number of aryl methyl sites for hydroxylation is 1. The molecule has 0 saturated carbocycles. The van der Waals surface area contributed by atoms with Crippen LogP contribution >= 0.6 is 0 Å². The molecule has 1 N–H and O–H groups in total. The normalized spacial score (nSPS) is 15.0. The molecule has 0 spiro atoms. The van der Waals surface area contributed by atoms with Crippen LogP contribution in [0.3, 0.4) is 0 Å². The summed E-state index contributed by atoms with van der Waals surface area (Å²) in [7, 11) is -1.99. The van der Waals surface area contributed by atoms with Crippen LogP contribution in [0.4, 0.5) is 17.5 Å². The fourth-order valence-corrected chi connectivity index (χ4v) is 4.77. The van der Waals surface area contributed by atoms with Gasteiger partial charge in [-0.15, -0.1) is 10.2 Å². The lowest BCUT2D eigenvalue weighted by Crippen LogP contribution is -2.48. The summed E-state index contributed by atoms with van der Waals surface area (Å²) in [6.07, 6.45) is 1.74. The predicted molar refractivity (Wildman–Crippen MR) is 118 cm³/mol. The van der Waals surface area contributed by atoms with Crippen molar-refractivity contribution < 1.29 is 13.2 Å². The van der Waals surface area contributed by atoms with Gasteiger partial charge in [0, 0.05) is 32.4 Å². The summed E-state index contributed by atoms with van der Waals surface area (Å²) in [4.78, 5) is 6.55. The third-order valence-electron chi connectivity index (χ3n) is 5.08. The molecule has 0 radical (unpaired) electrons. The summed E-state index contributed by atoms with van der Waals surface area (Å²) in [6, 6.07) is 14.0. The van der Waals surface area contributed by atoms with Crippen molar-refractivity contribution in [2.75, 3.05) is 43.5 Å². The number of methoxy groups -OCH3 is 1. The minimum atomic E-state index is -3.54. The van der Waals surface area contributed by atoms with Crippen molar-refractivity contribution in [3.63, 3.8) is 0 Å². The number of benzene rings is 1. The summed E-state index contributed by atoms with van der Waals surface area (Å²) < 4.78 is 32.4. The van der Waals surface area contributed by atoms with Gasteiger partial charge in [-0.05, 0) is 61.0 Å². The first-order chi connectivity index (χ1) is 15.0. The van der Waals surface area contributed by atoms with Crippen LogP contribution in [0, 0.1) is 6.92 Å². The highest BCUT2D eigenvalue weighted by atomic mass is 32.2. The Labute approximate surface area is 181 Å². The number of hydrogen-bond donors (Lipinski definition) is 1. The number of pyridine rings is 1. The van der Waals surface area contributed by atoms with Gasteiger partial charge in [0.15, 0.2) is 11.6 Å². The van der Waals surface area contributed by atoms with Gasteiger partial charge in [-0.1, -0.05) is 0 Å². The molecule has 3 aromatic rings. The number of piperazine rings is 1. The van der Waals surface area contributed by atoms with Gasteiger partial charge in [-0.2, -0.15) is 4.31 Å². The Hall–Kier alpha value is -3.24. The van der Waals surface area contributed by atoms with E-state index < -0.39 is 10.0 Å². The van der Waals surface area contributed by atoms with Crippen molar-refractivity contribution in [1.29, 1.82) is 0 Å². The highest BCUT2D eigenvalue weighted by Gasteiger charge is 2.29. The number of aromatic nitrogens is 3. The van der Waals surface area contributed by atoms with Gasteiger partial charge in [0.05, 0.1) is 12.0 Å². The number of hydrogen-bond acceptors (Lipinski definition) is 8. The van der Waals surface area contributed by atoms with Gasteiger partial charge in [0.25, 0.3) is 0 Å². The van der Waals surface area contributed by atoms with Crippen LogP contribution in [0.2, 0.25) is 0 Å². The van der Waals surface area contributed by atoms with Crippen molar-refractivity contribution in [2.45, 2.75) is 11.8 Å². The Balaban J connectivity index is 1.38. The Bertz CT molecular complexity index is 1130. The molecule has 1 saturated heterocycles. The highest BCUT2D eigenvalue weighted by Crippen LogP contribution is 2.22. The van der Waals surface area contributed by atoms with E-state index in [0.29, 0.717) is 49.4 Å². The molecule has 3 heterocycles. The van der Waals surface area contributed by atoms with Crippen molar-refractivity contribution in [1.82, 2.24) is 19.5 Å². The average molecular weight is 441 g/mol.